The van der Waals surface area contributed by atoms with Crippen molar-refractivity contribution in [2.75, 3.05) is 19.7 Å². The van der Waals surface area contributed by atoms with Crippen LogP contribution in [0.3, 0.4) is 0 Å². The van der Waals surface area contributed by atoms with Crippen LogP contribution >= 0.6 is 0 Å². The second-order valence-corrected chi connectivity index (χ2v) is 4.73. The summed E-state index contributed by atoms with van der Waals surface area (Å²) in [6.07, 6.45) is 4.42. The third-order valence-corrected chi connectivity index (χ3v) is 3.47. The quantitative estimate of drug-likeness (QED) is 0.850. The minimum atomic E-state index is 0.707. The zero-order chi connectivity index (χ0) is 11.5. The summed E-state index contributed by atoms with van der Waals surface area (Å²) in [5.74, 6) is 1.69. The molecule has 0 saturated carbocycles. The zero-order valence-corrected chi connectivity index (χ0v) is 9.91. The molecule has 0 amide bonds. The van der Waals surface area contributed by atoms with Gasteiger partial charge < -0.3 is 15.0 Å². The molecule has 0 spiro atoms. The summed E-state index contributed by atoms with van der Waals surface area (Å²) in [6, 6.07) is 8.30. The summed E-state index contributed by atoms with van der Waals surface area (Å²) in [7, 11) is 0. The lowest BCUT2D eigenvalue weighted by atomic mass is 9.99. The van der Waals surface area contributed by atoms with Crippen LogP contribution in [0.1, 0.15) is 12.8 Å². The third-order valence-electron chi connectivity index (χ3n) is 3.47. The Kier molecular flexibility index (Phi) is 3.01. The van der Waals surface area contributed by atoms with Crippen molar-refractivity contribution in [2.45, 2.75) is 12.8 Å². The molecule has 3 heteroatoms. The number of hydrogen-bond acceptors (Lipinski definition) is 2. The SMILES string of the molecule is c1cc2cc(OCC3CCNCC3)ccc2[nH]1. The number of nitrogens with one attached hydrogen (secondary N) is 2. The van der Waals surface area contributed by atoms with Gasteiger partial charge in [-0.3, -0.25) is 0 Å². The van der Waals surface area contributed by atoms with E-state index in [0.717, 1.165) is 25.4 Å². The molecule has 3 rings (SSSR count). The fourth-order valence-electron chi connectivity index (χ4n) is 2.38. The number of rotatable bonds is 3. The topological polar surface area (TPSA) is 37.0 Å². The van der Waals surface area contributed by atoms with Crippen LogP contribution in [0.25, 0.3) is 10.9 Å². The molecule has 2 heterocycles. The molecule has 2 aromatic rings. The zero-order valence-electron chi connectivity index (χ0n) is 9.91. The van der Waals surface area contributed by atoms with Gasteiger partial charge in [-0.1, -0.05) is 0 Å². The summed E-state index contributed by atoms with van der Waals surface area (Å²) < 4.78 is 5.88. The lowest BCUT2D eigenvalue weighted by molar-refractivity contribution is 0.215. The maximum Gasteiger partial charge on any atom is 0.120 e. The molecule has 0 unspecified atom stereocenters. The Labute approximate surface area is 101 Å². The molecule has 3 nitrogen and oxygen atoms in total. The summed E-state index contributed by atoms with van der Waals surface area (Å²) in [4.78, 5) is 3.19. The van der Waals surface area contributed by atoms with E-state index in [2.05, 4.69) is 28.5 Å². The molecule has 17 heavy (non-hydrogen) atoms. The van der Waals surface area contributed by atoms with E-state index in [1.807, 2.05) is 12.3 Å². The Morgan fingerprint density at radius 3 is 2.94 bits per heavy atom. The Bertz CT molecular complexity index is 486. The second-order valence-electron chi connectivity index (χ2n) is 4.73. The van der Waals surface area contributed by atoms with E-state index in [1.54, 1.807) is 0 Å². The average molecular weight is 230 g/mol. The molecular weight excluding hydrogens is 212 g/mol. The van der Waals surface area contributed by atoms with Crippen LogP contribution in [-0.2, 0) is 0 Å². The molecule has 1 aromatic heterocycles. The van der Waals surface area contributed by atoms with Crippen molar-refractivity contribution in [1.29, 1.82) is 0 Å². The number of ether oxygens (including phenoxy) is 1. The monoisotopic (exact) mass is 230 g/mol. The van der Waals surface area contributed by atoms with Gasteiger partial charge in [-0.05, 0) is 56.1 Å². The minimum Gasteiger partial charge on any atom is -0.493 e. The third kappa shape index (κ3) is 2.44. The van der Waals surface area contributed by atoms with E-state index >= 15 is 0 Å². The normalized spacial score (nSPS) is 17.4. The van der Waals surface area contributed by atoms with Crippen LogP contribution in [0, 0.1) is 5.92 Å². The standard InChI is InChI=1S/C14H18N2O/c1-2-14-12(5-8-16-14)9-13(1)17-10-11-3-6-15-7-4-11/h1-2,5,8-9,11,15-16H,3-4,6-7,10H2. The predicted octanol–water partition coefficient (Wildman–Crippen LogP) is 2.55. The minimum absolute atomic E-state index is 0.707. The molecule has 1 fully saturated rings. The van der Waals surface area contributed by atoms with Crippen LogP contribution in [0.15, 0.2) is 30.5 Å². The van der Waals surface area contributed by atoms with Crippen molar-refractivity contribution in [3.05, 3.63) is 30.5 Å². The molecule has 0 bridgehead atoms. The molecule has 2 N–H and O–H groups in total. The molecule has 0 aliphatic carbocycles. The predicted molar refractivity (Wildman–Crippen MR) is 69.4 cm³/mol. The average Bonchev–Trinajstić information content (AvgIpc) is 2.85. The first kappa shape index (κ1) is 10.7. The van der Waals surface area contributed by atoms with Gasteiger partial charge in [-0.25, -0.2) is 0 Å². The highest BCUT2D eigenvalue weighted by atomic mass is 16.5. The van der Waals surface area contributed by atoms with Crippen LogP contribution in [0.2, 0.25) is 0 Å². The van der Waals surface area contributed by atoms with E-state index in [0.29, 0.717) is 5.92 Å². The Hall–Kier alpha value is -1.48. The summed E-state index contributed by atoms with van der Waals surface area (Å²) in [6.45, 7) is 3.10. The molecule has 0 atom stereocenters. The molecule has 1 saturated heterocycles. The Morgan fingerprint density at radius 1 is 1.18 bits per heavy atom. The van der Waals surface area contributed by atoms with Gasteiger partial charge >= 0.3 is 0 Å². The van der Waals surface area contributed by atoms with Crippen molar-refractivity contribution in [3.8, 4) is 5.75 Å². The summed E-state index contributed by atoms with van der Waals surface area (Å²) >= 11 is 0. The summed E-state index contributed by atoms with van der Waals surface area (Å²) in [5.41, 5.74) is 1.17. The highest BCUT2D eigenvalue weighted by Gasteiger charge is 2.13. The lowest BCUT2D eigenvalue weighted by Crippen LogP contribution is -2.30. The number of piperidine rings is 1. The lowest BCUT2D eigenvalue weighted by Gasteiger charge is -2.22. The molecule has 1 aromatic carbocycles. The van der Waals surface area contributed by atoms with Crippen molar-refractivity contribution in [1.82, 2.24) is 10.3 Å². The van der Waals surface area contributed by atoms with Gasteiger partial charge in [-0.2, -0.15) is 0 Å². The largest absolute Gasteiger partial charge is 0.493 e. The van der Waals surface area contributed by atoms with Crippen molar-refractivity contribution in [3.63, 3.8) is 0 Å². The molecular formula is C14H18N2O. The van der Waals surface area contributed by atoms with Gasteiger partial charge in [0.25, 0.3) is 0 Å². The number of fused-ring (bicyclic) bond motifs is 1. The molecule has 1 aliphatic heterocycles. The van der Waals surface area contributed by atoms with E-state index in [1.165, 1.54) is 23.7 Å². The number of hydrogen-bond donors (Lipinski definition) is 2. The smallest absolute Gasteiger partial charge is 0.120 e. The molecule has 1 aliphatic rings. The van der Waals surface area contributed by atoms with E-state index in [9.17, 15) is 0 Å². The Morgan fingerprint density at radius 2 is 2.06 bits per heavy atom. The van der Waals surface area contributed by atoms with Crippen molar-refractivity contribution in [2.24, 2.45) is 5.92 Å². The van der Waals surface area contributed by atoms with Gasteiger partial charge in [0.15, 0.2) is 0 Å². The first-order chi connectivity index (χ1) is 8.42. The van der Waals surface area contributed by atoms with Crippen molar-refractivity contribution >= 4 is 10.9 Å². The van der Waals surface area contributed by atoms with Gasteiger partial charge in [0.1, 0.15) is 5.75 Å². The maximum absolute atomic E-state index is 5.88. The first-order valence-corrected chi connectivity index (χ1v) is 6.32. The molecule has 90 valence electrons. The summed E-state index contributed by atoms with van der Waals surface area (Å²) in [5, 5.41) is 4.59. The van der Waals surface area contributed by atoms with Gasteiger partial charge in [0, 0.05) is 17.1 Å². The fraction of sp³-hybridized carbons (Fsp3) is 0.429. The highest BCUT2D eigenvalue weighted by Crippen LogP contribution is 2.21. The van der Waals surface area contributed by atoms with Crippen LogP contribution in [-0.4, -0.2) is 24.7 Å². The Balaban J connectivity index is 1.63. The highest BCUT2D eigenvalue weighted by molar-refractivity contribution is 5.80. The van der Waals surface area contributed by atoms with Crippen molar-refractivity contribution < 1.29 is 4.74 Å². The maximum atomic E-state index is 5.88. The van der Waals surface area contributed by atoms with E-state index in [-0.39, 0.29) is 0 Å². The molecule has 0 radical (unpaired) electrons. The second kappa shape index (κ2) is 4.80. The van der Waals surface area contributed by atoms with Crippen LogP contribution in [0.4, 0.5) is 0 Å². The number of aromatic nitrogens is 1. The number of benzene rings is 1. The van der Waals surface area contributed by atoms with Crippen LogP contribution in [0.5, 0.6) is 5.75 Å². The van der Waals surface area contributed by atoms with E-state index in [4.69, 9.17) is 4.74 Å². The van der Waals surface area contributed by atoms with E-state index < -0.39 is 0 Å². The number of H-pyrrole nitrogens is 1. The van der Waals surface area contributed by atoms with Gasteiger partial charge in [-0.15, -0.1) is 0 Å². The fourth-order valence-corrected chi connectivity index (χ4v) is 2.38. The van der Waals surface area contributed by atoms with Gasteiger partial charge in [0.2, 0.25) is 0 Å². The number of aromatic amines is 1. The van der Waals surface area contributed by atoms with Crippen LogP contribution < -0.4 is 10.1 Å². The van der Waals surface area contributed by atoms with Gasteiger partial charge in [0.05, 0.1) is 6.61 Å². The first-order valence-electron chi connectivity index (χ1n) is 6.32.